The Labute approximate surface area is 94.8 Å². The summed E-state index contributed by atoms with van der Waals surface area (Å²) in [5, 5.41) is 0. The van der Waals surface area contributed by atoms with E-state index in [1.807, 2.05) is 0 Å². The van der Waals surface area contributed by atoms with Crippen LogP contribution < -0.4 is 4.74 Å². The van der Waals surface area contributed by atoms with Crippen LogP contribution in [-0.2, 0) is 9.84 Å². The van der Waals surface area contributed by atoms with Gasteiger partial charge in [-0.3, -0.25) is 0 Å². The molecule has 0 bridgehead atoms. The summed E-state index contributed by atoms with van der Waals surface area (Å²) in [5.41, 5.74) is -0.177. The molecule has 0 spiro atoms. The van der Waals surface area contributed by atoms with Gasteiger partial charge in [0.15, 0.2) is 5.75 Å². The molecule has 0 saturated heterocycles. The summed E-state index contributed by atoms with van der Waals surface area (Å²) < 4.78 is 27.9. The Kier molecular flexibility index (Phi) is 2.84. The van der Waals surface area contributed by atoms with Crippen LogP contribution in [0.25, 0.3) is 0 Å². The maximum atomic E-state index is 11.2. The normalized spacial score (nSPS) is 18.1. The van der Waals surface area contributed by atoms with Crippen LogP contribution >= 0.6 is 0 Å². The van der Waals surface area contributed by atoms with E-state index in [2.05, 4.69) is 9.97 Å². The average molecular weight is 242 g/mol. The van der Waals surface area contributed by atoms with Gasteiger partial charge >= 0.3 is 0 Å². The third kappa shape index (κ3) is 3.16. The van der Waals surface area contributed by atoms with Gasteiger partial charge in [0, 0.05) is 11.7 Å². The molecule has 0 amide bonds. The highest BCUT2D eigenvalue weighted by molar-refractivity contribution is 7.90. The zero-order valence-corrected chi connectivity index (χ0v) is 9.90. The first kappa shape index (κ1) is 11.3. The van der Waals surface area contributed by atoms with Gasteiger partial charge in [-0.15, -0.1) is 0 Å². The van der Waals surface area contributed by atoms with E-state index in [-0.39, 0.29) is 11.2 Å². The summed E-state index contributed by atoms with van der Waals surface area (Å²) in [5.74, 6) is 0.788. The van der Waals surface area contributed by atoms with Crippen LogP contribution in [0.4, 0.5) is 0 Å². The van der Waals surface area contributed by atoms with E-state index >= 15 is 0 Å². The van der Waals surface area contributed by atoms with Crippen molar-refractivity contribution in [2.75, 3.05) is 18.6 Å². The highest BCUT2D eigenvalue weighted by Crippen LogP contribution is 2.46. The van der Waals surface area contributed by atoms with Crippen molar-refractivity contribution in [2.24, 2.45) is 5.41 Å². The molecule has 1 aromatic heterocycles. The Balaban J connectivity index is 1.91. The van der Waals surface area contributed by atoms with Crippen LogP contribution in [0.2, 0.25) is 0 Å². The summed E-state index contributed by atoms with van der Waals surface area (Å²) in [6, 6.07) is 0. The number of ether oxygens (including phenoxy) is 1. The standard InChI is InChI=1S/C10H14N2O3S/c1-16(13,14)7-10(2-3-10)6-15-9-4-11-8-12-5-9/h4-5,8H,2-3,6-7H2,1H3. The summed E-state index contributed by atoms with van der Waals surface area (Å²) in [4.78, 5) is 7.65. The minimum Gasteiger partial charge on any atom is -0.490 e. The lowest BCUT2D eigenvalue weighted by molar-refractivity contribution is 0.247. The second kappa shape index (κ2) is 4.01. The fourth-order valence-electron chi connectivity index (χ4n) is 1.66. The van der Waals surface area contributed by atoms with Crippen molar-refractivity contribution in [3.8, 4) is 5.75 Å². The highest BCUT2D eigenvalue weighted by Gasteiger charge is 2.46. The molecule has 0 radical (unpaired) electrons. The molecule has 0 aromatic carbocycles. The first-order chi connectivity index (χ1) is 7.49. The van der Waals surface area contributed by atoms with Crippen LogP contribution in [0.5, 0.6) is 5.75 Å². The number of hydrogen-bond donors (Lipinski definition) is 0. The van der Waals surface area contributed by atoms with Gasteiger partial charge in [-0.25, -0.2) is 18.4 Å². The fraction of sp³-hybridized carbons (Fsp3) is 0.600. The molecule has 0 unspecified atom stereocenters. The van der Waals surface area contributed by atoms with Crippen LogP contribution in [0.15, 0.2) is 18.7 Å². The largest absolute Gasteiger partial charge is 0.490 e. The Hall–Kier alpha value is -1.17. The van der Waals surface area contributed by atoms with Crippen LogP contribution in [0.3, 0.4) is 0 Å². The van der Waals surface area contributed by atoms with Crippen LogP contribution in [0.1, 0.15) is 12.8 Å². The van der Waals surface area contributed by atoms with Crippen molar-refractivity contribution in [3.63, 3.8) is 0 Å². The minimum atomic E-state index is -2.93. The molecule has 1 aliphatic rings. The van der Waals surface area contributed by atoms with Gasteiger partial charge in [-0.1, -0.05) is 0 Å². The second-order valence-corrected chi connectivity index (χ2v) is 6.57. The third-order valence-corrected chi connectivity index (χ3v) is 3.74. The lowest BCUT2D eigenvalue weighted by atomic mass is 10.2. The predicted octanol–water partition coefficient (Wildman–Crippen LogP) is 0.680. The van der Waals surface area contributed by atoms with Crippen molar-refractivity contribution in [3.05, 3.63) is 18.7 Å². The molecule has 16 heavy (non-hydrogen) atoms. The molecule has 5 nitrogen and oxygen atoms in total. The molecule has 1 aliphatic carbocycles. The van der Waals surface area contributed by atoms with E-state index in [0.717, 1.165) is 12.8 Å². The number of hydrogen-bond acceptors (Lipinski definition) is 5. The van der Waals surface area contributed by atoms with E-state index in [0.29, 0.717) is 12.4 Å². The third-order valence-electron chi connectivity index (χ3n) is 2.61. The summed E-state index contributed by atoms with van der Waals surface area (Å²) in [6.07, 6.45) is 7.66. The number of nitrogens with zero attached hydrogens (tertiary/aromatic N) is 2. The SMILES string of the molecule is CS(=O)(=O)CC1(COc2cncnc2)CC1. The van der Waals surface area contributed by atoms with Gasteiger partial charge < -0.3 is 4.74 Å². The van der Waals surface area contributed by atoms with Crippen molar-refractivity contribution in [2.45, 2.75) is 12.8 Å². The van der Waals surface area contributed by atoms with E-state index in [4.69, 9.17) is 4.74 Å². The minimum absolute atomic E-state index is 0.177. The smallest absolute Gasteiger partial charge is 0.155 e. The maximum absolute atomic E-state index is 11.2. The van der Waals surface area contributed by atoms with E-state index in [1.165, 1.54) is 12.6 Å². The van der Waals surface area contributed by atoms with E-state index in [1.54, 1.807) is 12.4 Å². The first-order valence-electron chi connectivity index (χ1n) is 5.05. The van der Waals surface area contributed by atoms with Gasteiger partial charge in [0.25, 0.3) is 0 Å². The Morgan fingerprint density at radius 3 is 2.50 bits per heavy atom. The Bertz CT molecular complexity index is 454. The zero-order valence-electron chi connectivity index (χ0n) is 9.09. The van der Waals surface area contributed by atoms with Crippen LogP contribution in [-0.4, -0.2) is 37.0 Å². The first-order valence-corrected chi connectivity index (χ1v) is 7.11. The average Bonchev–Trinajstić information content (AvgIpc) is 2.95. The molecule has 1 fully saturated rings. The quantitative estimate of drug-likeness (QED) is 0.759. The van der Waals surface area contributed by atoms with Crippen molar-refractivity contribution >= 4 is 9.84 Å². The summed E-state index contributed by atoms with van der Waals surface area (Å²) in [6.45, 7) is 0.424. The van der Waals surface area contributed by atoms with Gasteiger partial charge in [0.2, 0.25) is 0 Å². The number of aromatic nitrogens is 2. The predicted molar refractivity (Wildman–Crippen MR) is 58.9 cm³/mol. The molecule has 0 N–H and O–H groups in total. The van der Waals surface area contributed by atoms with Crippen molar-refractivity contribution < 1.29 is 13.2 Å². The maximum Gasteiger partial charge on any atom is 0.155 e. The van der Waals surface area contributed by atoms with Gasteiger partial charge in [0.05, 0.1) is 24.8 Å². The molecule has 0 aliphatic heterocycles. The second-order valence-electron chi connectivity index (χ2n) is 4.43. The summed E-state index contributed by atoms with van der Waals surface area (Å²) in [7, 11) is -2.93. The fourth-order valence-corrected chi connectivity index (χ4v) is 3.14. The van der Waals surface area contributed by atoms with E-state index < -0.39 is 9.84 Å². The highest BCUT2D eigenvalue weighted by atomic mass is 32.2. The van der Waals surface area contributed by atoms with Crippen LogP contribution in [0, 0.1) is 5.41 Å². The molecule has 88 valence electrons. The van der Waals surface area contributed by atoms with Crippen molar-refractivity contribution in [1.82, 2.24) is 9.97 Å². The van der Waals surface area contributed by atoms with Gasteiger partial charge in [-0.05, 0) is 12.8 Å². The van der Waals surface area contributed by atoms with E-state index in [9.17, 15) is 8.42 Å². The van der Waals surface area contributed by atoms with Crippen molar-refractivity contribution in [1.29, 1.82) is 0 Å². The number of rotatable bonds is 5. The van der Waals surface area contributed by atoms with Gasteiger partial charge in [-0.2, -0.15) is 0 Å². The lowest BCUT2D eigenvalue weighted by Gasteiger charge is -2.14. The zero-order chi connectivity index (χ0) is 11.6. The molecule has 1 saturated carbocycles. The Morgan fingerprint density at radius 2 is 2.00 bits per heavy atom. The van der Waals surface area contributed by atoms with Gasteiger partial charge in [0.1, 0.15) is 16.2 Å². The molecule has 1 aromatic rings. The molecule has 2 rings (SSSR count). The molecular formula is C10H14N2O3S. The molecule has 1 heterocycles. The summed E-state index contributed by atoms with van der Waals surface area (Å²) >= 11 is 0. The molecule has 0 atom stereocenters. The lowest BCUT2D eigenvalue weighted by Crippen LogP contribution is -2.22. The molecular weight excluding hydrogens is 228 g/mol. The molecule has 6 heteroatoms. The number of sulfone groups is 1. The monoisotopic (exact) mass is 242 g/mol. The topological polar surface area (TPSA) is 69.2 Å². The Morgan fingerprint density at radius 1 is 1.38 bits per heavy atom.